The highest BCUT2D eigenvalue weighted by molar-refractivity contribution is 6.36. The zero-order valence-corrected chi connectivity index (χ0v) is 9.15. The summed E-state index contributed by atoms with van der Waals surface area (Å²) in [6.45, 7) is 0. The van der Waals surface area contributed by atoms with E-state index in [-0.39, 0.29) is 5.69 Å². The molecule has 0 unspecified atom stereocenters. The number of urea groups is 1. The van der Waals surface area contributed by atoms with Crippen LogP contribution in [-0.4, -0.2) is 23.8 Å². The Bertz CT molecular complexity index is 493. The van der Waals surface area contributed by atoms with E-state index in [4.69, 9.17) is 0 Å². The van der Waals surface area contributed by atoms with Gasteiger partial charge in [-0.05, 0) is 12.1 Å². The maximum Gasteiger partial charge on any atom is 0.423 e. The van der Waals surface area contributed by atoms with Gasteiger partial charge < -0.3 is 5.32 Å². The first kappa shape index (κ1) is 14.5. The second-order valence-electron chi connectivity index (χ2n) is 3.21. The van der Waals surface area contributed by atoms with E-state index in [1.807, 2.05) is 5.32 Å². The summed E-state index contributed by atoms with van der Waals surface area (Å²) in [6, 6.07) is 1.44. The molecule has 0 aliphatic carbocycles. The van der Waals surface area contributed by atoms with Crippen molar-refractivity contribution in [1.29, 1.82) is 0 Å². The minimum absolute atomic E-state index is 0.177. The molecule has 1 rings (SSSR count). The van der Waals surface area contributed by atoms with Crippen molar-refractivity contribution in [2.45, 2.75) is 6.05 Å². The van der Waals surface area contributed by atoms with Crippen LogP contribution < -0.4 is 10.6 Å². The van der Waals surface area contributed by atoms with Gasteiger partial charge in [0.25, 0.3) is 0 Å². The number of alkyl halides is 2. The van der Waals surface area contributed by atoms with E-state index in [0.717, 1.165) is 5.32 Å². The van der Waals surface area contributed by atoms with Crippen LogP contribution in [0.2, 0.25) is 0 Å². The predicted octanol–water partition coefficient (Wildman–Crippen LogP) is 1.40. The van der Waals surface area contributed by atoms with Crippen LogP contribution in [0.5, 0.6) is 0 Å². The topological polar surface area (TPSA) is 84.5 Å². The van der Waals surface area contributed by atoms with E-state index in [9.17, 15) is 27.7 Å². The molecule has 0 bridgehead atoms. The lowest BCUT2D eigenvalue weighted by Crippen LogP contribution is -2.51. The number of ketones is 1. The summed E-state index contributed by atoms with van der Waals surface area (Å²) in [5.41, 5.74) is 0.177. The number of amides is 2. The molecule has 0 aliphatic rings. The highest BCUT2D eigenvalue weighted by atomic mass is 19.3. The molecule has 0 saturated heterocycles. The molecule has 102 valence electrons. The van der Waals surface area contributed by atoms with Gasteiger partial charge in [-0.3, -0.25) is 10.1 Å². The highest BCUT2D eigenvalue weighted by Crippen LogP contribution is 2.13. The number of hydrogen-bond donors (Lipinski definition) is 2. The van der Waals surface area contributed by atoms with Gasteiger partial charge in [-0.25, -0.2) is 14.5 Å². The molecule has 6 nitrogen and oxygen atoms in total. The first-order valence-corrected chi connectivity index (χ1v) is 4.76. The number of benzene rings is 1. The van der Waals surface area contributed by atoms with Crippen LogP contribution in [0.4, 0.5) is 23.8 Å². The number of anilines is 1. The van der Waals surface area contributed by atoms with Crippen LogP contribution in [0.25, 0.3) is 0 Å². The Morgan fingerprint density at radius 1 is 1.11 bits per heavy atom. The quantitative estimate of drug-likeness (QED) is 0.643. The lowest BCUT2D eigenvalue weighted by atomic mass is 10.3. The number of hydrogen-bond acceptors (Lipinski definition) is 4. The number of carbonyl (C=O) groups excluding carboxylic acids is 3. The molecule has 1 aromatic rings. The summed E-state index contributed by atoms with van der Waals surface area (Å²) >= 11 is 0. The maximum atomic E-state index is 13.0. The van der Waals surface area contributed by atoms with E-state index in [2.05, 4.69) is 4.94 Å². The minimum atomic E-state index is -4.58. The lowest BCUT2D eigenvalue weighted by Gasteiger charge is -2.14. The van der Waals surface area contributed by atoms with Gasteiger partial charge >= 0.3 is 23.8 Å². The van der Waals surface area contributed by atoms with Crippen molar-refractivity contribution >= 4 is 23.5 Å². The summed E-state index contributed by atoms with van der Waals surface area (Å²) in [5.74, 6) is -4.94. The largest absolute Gasteiger partial charge is 0.423 e. The van der Waals surface area contributed by atoms with Crippen LogP contribution in [0.3, 0.4) is 0 Å². The fourth-order valence-electron chi connectivity index (χ4n) is 1.05. The third-order valence-corrected chi connectivity index (χ3v) is 1.84. The van der Waals surface area contributed by atoms with Crippen molar-refractivity contribution in [1.82, 2.24) is 5.32 Å². The minimum Gasteiger partial charge on any atom is -0.308 e. The predicted molar refractivity (Wildman–Crippen MR) is 55.8 cm³/mol. The number of halogens is 3. The van der Waals surface area contributed by atoms with Crippen LogP contribution in [0, 0.1) is 0 Å². The summed E-state index contributed by atoms with van der Waals surface area (Å²) in [7, 11) is 0. The second kappa shape index (κ2) is 5.85. The zero-order chi connectivity index (χ0) is 14.5. The van der Waals surface area contributed by atoms with Gasteiger partial charge in [-0.15, -0.1) is 0 Å². The normalized spacial score (nSPS) is 10.5. The molecule has 0 aliphatic heterocycles. The molecule has 9 heteroatoms. The Labute approximate surface area is 104 Å². The monoisotopic (exact) mass is 276 g/mol. The first-order chi connectivity index (χ1) is 8.86. The summed E-state index contributed by atoms with van der Waals surface area (Å²) < 4.78 is 37.4. The Morgan fingerprint density at radius 2 is 1.68 bits per heavy atom. The Kier molecular flexibility index (Phi) is 4.46. The van der Waals surface area contributed by atoms with Gasteiger partial charge in [0.05, 0.1) is 0 Å². The van der Waals surface area contributed by atoms with Crippen molar-refractivity contribution in [3.63, 3.8) is 0 Å². The van der Waals surface area contributed by atoms with Crippen LogP contribution in [-0.2, 0) is 14.5 Å². The maximum absolute atomic E-state index is 13.0. The SMILES string of the molecule is O=C(Nc1ccccc1)NC(F)(F)C(=O)C(=O)OF. The molecule has 0 aromatic heterocycles. The molecular weight excluding hydrogens is 269 g/mol. The van der Waals surface area contributed by atoms with Crippen molar-refractivity contribution in [2.75, 3.05) is 5.32 Å². The van der Waals surface area contributed by atoms with Crippen LogP contribution in [0.1, 0.15) is 0 Å². The molecule has 2 N–H and O–H groups in total. The molecule has 0 atom stereocenters. The smallest absolute Gasteiger partial charge is 0.308 e. The van der Waals surface area contributed by atoms with Crippen molar-refractivity contribution < 1.29 is 32.6 Å². The molecule has 2 amide bonds. The number of Topliss-reactive ketones (excluding diaryl/α,β-unsaturated/α-hetero) is 1. The van der Waals surface area contributed by atoms with Gasteiger partial charge in [-0.1, -0.05) is 18.2 Å². The van der Waals surface area contributed by atoms with E-state index < -0.39 is 23.8 Å². The fourth-order valence-corrected chi connectivity index (χ4v) is 1.05. The van der Waals surface area contributed by atoms with Gasteiger partial charge in [-0.2, -0.15) is 8.78 Å². The van der Waals surface area contributed by atoms with Crippen molar-refractivity contribution in [3.8, 4) is 0 Å². The molecule has 0 heterocycles. The number of rotatable bonds is 4. The summed E-state index contributed by atoms with van der Waals surface area (Å²) in [6.07, 6.45) is 0. The summed E-state index contributed by atoms with van der Waals surface area (Å²) in [5, 5.41) is 2.90. The summed E-state index contributed by atoms with van der Waals surface area (Å²) in [4.78, 5) is 34.5. The average Bonchev–Trinajstić information content (AvgIpc) is 2.37. The molecule has 0 radical (unpaired) electrons. The number of nitrogens with one attached hydrogen (secondary N) is 2. The Morgan fingerprint density at radius 3 is 2.21 bits per heavy atom. The molecule has 0 spiro atoms. The Balaban J connectivity index is 2.65. The van der Waals surface area contributed by atoms with E-state index in [1.54, 1.807) is 6.07 Å². The molecule has 0 saturated carbocycles. The standard InChI is InChI=1S/C10H7F3N2O4/c11-10(12,7(16)8(17)19-13)15-9(18)14-6-4-2-1-3-5-6/h1-5H,(H2,14,15,18). The number of para-hydroxylation sites is 1. The third-order valence-electron chi connectivity index (χ3n) is 1.84. The highest BCUT2D eigenvalue weighted by Gasteiger charge is 2.46. The average molecular weight is 276 g/mol. The molecule has 0 fully saturated rings. The van der Waals surface area contributed by atoms with E-state index in [0.29, 0.717) is 0 Å². The van der Waals surface area contributed by atoms with Crippen molar-refractivity contribution in [3.05, 3.63) is 30.3 Å². The van der Waals surface area contributed by atoms with Gasteiger partial charge in [0.15, 0.2) is 0 Å². The van der Waals surface area contributed by atoms with Gasteiger partial charge in [0.1, 0.15) is 0 Å². The second-order valence-corrected chi connectivity index (χ2v) is 3.21. The van der Waals surface area contributed by atoms with Crippen LogP contribution in [0.15, 0.2) is 30.3 Å². The van der Waals surface area contributed by atoms with Gasteiger partial charge in [0, 0.05) is 10.2 Å². The van der Waals surface area contributed by atoms with Crippen molar-refractivity contribution in [2.24, 2.45) is 0 Å². The van der Waals surface area contributed by atoms with E-state index in [1.165, 1.54) is 24.3 Å². The van der Waals surface area contributed by atoms with Crippen LogP contribution >= 0.6 is 0 Å². The fraction of sp³-hybridized carbons (Fsp3) is 0.100. The molecule has 1 aromatic carbocycles. The van der Waals surface area contributed by atoms with Gasteiger partial charge in [0.2, 0.25) is 0 Å². The number of carbonyl (C=O) groups is 3. The lowest BCUT2D eigenvalue weighted by molar-refractivity contribution is -0.193. The Hall–Kier alpha value is -2.58. The third kappa shape index (κ3) is 3.98. The zero-order valence-electron chi connectivity index (χ0n) is 9.15. The molecule has 19 heavy (non-hydrogen) atoms. The molecular formula is C10H7F3N2O4. The first-order valence-electron chi connectivity index (χ1n) is 4.76. The van der Waals surface area contributed by atoms with E-state index >= 15 is 0 Å².